The van der Waals surface area contributed by atoms with Gasteiger partial charge in [-0.15, -0.1) is 0 Å². The molecule has 52 valence electrons. The van der Waals surface area contributed by atoms with E-state index in [1.165, 1.54) is 4.23 Å². The zero-order valence-electron chi connectivity index (χ0n) is 5.59. The van der Waals surface area contributed by atoms with Crippen molar-refractivity contribution in [2.24, 2.45) is 0 Å². The van der Waals surface area contributed by atoms with Gasteiger partial charge in [0, 0.05) is 32.7 Å². The topological polar surface area (TPSA) is 37.3 Å². The first-order chi connectivity index (χ1) is 4.18. The van der Waals surface area contributed by atoms with E-state index in [1.807, 2.05) is 6.92 Å². The van der Waals surface area contributed by atoms with Crippen molar-refractivity contribution in [1.29, 1.82) is 0 Å². The van der Waals surface area contributed by atoms with Crippen LogP contribution in [-0.2, 0) is 54.5 Å². The van der Waals surface area contributed by atoms with Gasteiger partial charge in [-0.2, -0.15) is 0 Å². The SMILES string of the molecule is O=[C-]O.[C-]#CC[C](C)=[V].[Y]. The van der Waals surface area contributed by atoms with E-state index in [1.54, 1.807) is 0 Å². The van der Waals surface area contributed by atoms with Crippen LogP contribution in [0, 0.1) is 12.3 Å². The fourth-order valence-electron chi connectivity index (χ4n) is 0.128. The molecule has 1 radical (unpaired) electrons. The maximum atomic E-state index is 8.24. The molecule has 0 bridgehead atoms. The van der Waals surface area contributed by atoms with Crippen molar-refractivity contribution in [1.82, 2.24) is 0 Å². The third-order valence-corrected chi connectivity index (χ3v) is 0.591. The van der Waals surface area contributed by atoms with Crippen molar-refractivity contribution in [3.8, 4) is 5.92 Å². The molecule has 0 aromatic heterocycles. The van der Waals surface area contributed by atoms with Gasteiger partial charge in [0.2, 0.25) is 0 Å². The fraction of sp³-hybridized carbons (Fsp3) is 0.333. The average Bonchev–Trinajstić information content (AvgIpc) is 1.67. The van der Waals surface area contributed by atoms with Crippen molar-refractivity contribution < 1.29 is 59.6 Å². The Hall–Kier alpha value is 0.588. The molecule has 0 fully saturated rings. The van der Waals surface area contributed by atoms with Crippen LogP contribution >= 0.6 is 0 Å². The summed E-state index contributed by atoms with van der Waals surface area (Å²) >= 11 is 2.38. The van der Waals surface area contributed by atoms with E-state index >= 15 is 0 Å². The van der Waals surface area contributed by atoms with Gasteiger partial charge in [-0.05, 0) is 0 Å². The second-order valence-corrected chi connectivity index (χ2v) is 2.37. The van der Waals surface area contributed by atoms with Gasteiger partial charge in [0.25, 0.3) is 0 Å². The minimum Gasteiger partial charge on any atom is 0 e. The standard InChI is InChI=1S/C5H5.CHO2.V.Y/c1-3-5-4-2;2-1-3;;/h5H2,1H3;(H,2,3);;/q2*-1;;. The summed E-state index contributed by atoms with van der Waals surface area (Å²) in [5.41, 5.74) is 0. The fourth-order valence-corrected chi connectivity index (χ4v) is 0.251. The zero-order valence-corrected chi connectivity index (χ0v) is 9.82. The van der Waals surface area contributed by atoms with E-state index in [0.717, 1.165) is 0 Å². The van der Waals surface area contributed by atoms with Crippen LogP contribution in [0.4, 0.5) is 0 Å². The van der Waals surface area contributed by atoms with Gasteiger partial charge in [0.1, 0.15) is 0 Å². The Morgan fingerprint density at radius 3 is 2.20 bits per heavy atom. The van der Waals surface area contributed by atoms with Crippen molar-refractivity contribution in [2.45, 2.75) is 13.3 Å². The summed E-state index contributed by atoms with van der Waals surface area (Å²) in [6, 6.07) is 0. The summed E-state index contributed by atoms with van der Waals surface area (Å²) in [7, 11) is 0. The largest absolute Gasteiger partial charge is 0 e. The summed E-state index contributed by atoms with van der Waals surface area (Å²) in [4.78, 5) is 8.24. The number of aliphatic hydroxyl groups excluding tert-OH is 1. The monoisotopic (exact) mass is 250 g/mol. The average molecular weight is 250 g/mol. The molecular formula is C6H6O2VY-2. The van der Waals surface area contributed by atoms with Crippen LogP contribution in [0.15, 0.2) is 0 Å². The third kappa shape index (κ3) is 38.4. The summed E-state index contributed by atoms with van der Waals surface area (Å²) in [5, 5.41) is 6.76. The predicted octanol–water partition coefficient (Wildman–Crippen LogP) is 0.314. The molecule has 2 nitrogen and oxygen atoms in total. The summed E-state index contributed by atoms with van der Waals surface area (Å²) in [6.45, 7) is 2.46. The van der Waals surface area contributed by atoms with E-state index in [0.29, 0.717) is 12.9 Å². The van der Waals surface area contributed by atoms with E-state index in [2.05, 4.69) is 22.9 Å². The quantitative estimate of drug-likeness (QED) is 0.537. The Bertz CT molecular complexity index is 128. The predicted molar refractivity (Wildman–Crippen MR) is 30.8 cm³/mol. The molecule has 0 atom stereocenters. The van der Waals surface area contributed by atoms with Crippen LogP contribution in [-0.4, -0.2) is 15.8 Å². The van der Waals surface area contributed by atoms with Crippen LogP contribution in [0.2, 0.25) is 0 Å². The first-order valence-corrected chi connectivity index (χ1v) is 2.81. The van der Waals surface area contributed by atoms with Crippen molar-refractivity contribution in [2.75, 3.05) is 0 Å². The molecule has 0 rings (SSSR count). The molecule has 0 saturated heterocycles. The molecule has 0 aliphatic rings. The molecule has 1 N–H and O–H groups in total. The van der Waals surface area contributed by atoms with E-state index in [4.69, 9.17) is 16.3 Å². The second-order valence-electron chi connectivity index (χ2n) is 1.18. The molecule has 4 heteroatoms. The third-order valence-electron chi connectivity index (χ3n) is 0.344. The van der Waals surface area contributed by atoms with Crippen molar-refractivity contribution >= 4 is 10.7 Å². The molecular weight excluding hydrogens is 244 g/mol. The maximum absolute atomic E-state index is 8.24. The van der Waals surface area contributed by atoms with Crippen LogP contribution in [0.3, 0.4) is 0 Å². The molecule has 0 aromatic rings. The number of hydrogen-bond acceptors (Lipinski definition) is 1. The van der Waals surface area contributed by atoms with Gasteiger partial charge >= 0.3 is 46.9 Å². The van der Waals surface area contributed by atoms with Gasteiger partial charge in [-0.3, -0.25) is 0 Å². The molecule has 0 aromatic carbocycles. The van der Waals surface area contributed by atoms with Gasteiger partial charge in [-0.25, -0.2) is 0 Å². The molecule has 0 aliphatic heterocycles. The summed E-state index contributed by atoms with van der Waals surface area (Å²) in [6.07, 6.45) is 7.13. The van der Waals surface area contributed by atoms with Crippen molar-refractivity contribution in [3.63, 3.8) is 0 Å². The van der Waals surface area contributed by atoms with Gasteiger partial charge in [-0.1, -0.05) is 6.47 Å². The molecule has 10 heavy (non-hydrogen) atoms. The first-order valence-electron chi connectivity index (χ1n) is 2.11. The Balaban J connectivity index is -0.000000107. The van der Waals surface area contributed by atoms with Crippen LogP contribution < -0.4 is 0 Å². The normalized spacial score (nSPS) is 5.10. The van der Waals surface area contributed by atoms with Crippen LogP contribution in [0.25, 0.3) is 0 Å². The Labute approximate surface area is 95.1 Å². The molecule has 0 heterocycles. The zero-order chi connectivity index (χ0) is 7.70. The first kappa shape index (κ1) is 16.9. The van der Waals surface area contributed by atoms with Crippen molar-refractivity contribution in [3.05, 3.63) is 6.42 Å². The Kier molecular flexibility index (Phi) is 27.5. The van der Waals surface area contributed by atoms with E-state index in [9.17, 15) is 0 Å². The maximum Gasteiger partial charge on any atom is 0 e. The second kappa shape index (κ2) is 16.3. The van der Waals surface area contributed by atoms with Gasteiger partial charge < -0.3 is 9.90 Å². The minimum atomic E-state index is 0. The minimum absolute atomic E-state index is 0. The molecule has 0 spiro atoms. The van der Waals surface area contributed by atoms with Crippen LogP contribution in [0.1, 0.15) is 13.3 Å². The van der Waals surface area contributed by atoms with Gasteiger partial charge in [0.15, 0.2) is 0 Å². The van der Waals surface area contributed by atoms with E-state index < -0.39 is 0 Å². The molecule has 0 unspecified atom stereocenters. The Morgan fingerprint density at radius 1 is 1.90 bits per heavy atom. The molecule has 0 aliphatic carbocycles. The summed E-state index contributed by atoms with van der Waals surface area (Å²) in [5.74, 6) is 2.26. The van der Waals surface area contributed by atoms with E-state index in [-0.39, 0.29) is 32.7 Å². The van der Waals surface area contributed by atoms with Crippen LogP contribution in [0.5, 0.6) is 0 Å². The summed E-state index contributed by atoms with van der Waals surface area (Å²) < 4.78 is 1.18. The molecule has 0 amide bonds. The smallest absolute Gasteiger partial charge is 0 e. The van der Waals surface area contributed by atoms with Gasteiger partial charge in [0.05, 0.1) is 0 Å². The number of rotatable bonds is 1. The Morgan fingerprint density at radius 2 is 2.20 bits per heavy atom. The molecule has 0 saturated carbocycles. The number of hydrogen-bond donors (Lipinski definition) is 1.